The number of aromatic nitrogens is 4. The third-order valence-corrected chi connectivity index (χ3v) is 4.08. The van der Waals surface area contributed by atoms with Gasteiger partial charge in [0.05, 0.1) is 19.0 Å². The van der Waals surface area contributed by atoms with E-state index in [2.05, 4.69) is 15.0 Å². The molecule has 1 aliphatic rings. The summed E-state index contributed by atoms with van der Waals surface area (Å²) in [5.74, 6) is 0. The molecule has 4 unspecified atom stereocenters. The molecule has 0 amide bonds. The van der Waals surface area contributed by atoms with E-state index >= 15 is 0 Å². The second kappa shape index (κ2) is 5.26. The van der Waals surface area contributed by atoms with Crippen molar-refractivity contribution in [3.05, 3.63) is 12.7 Å². The number of nitrogens with zero attached hydrogens (tertiary/aromatic N) is 4. The van der Waals surface area contributed by atoms with E-state index in [0.717, 1.165) is 5.03 Å². The number of aliphatic hydroxyl groups is 2. The van der Waals surface area contributed by atoms with Gasteiger partial charge < -0.3 is 20.7 Å². The van der Waals surface area contributed by atoms with Crippen molar-refractivity contribution >= 4 is 22.9 Å². The Hall–Kier alpha value is -1.26. The van der Waals surface area contributed by atoms with E-state index in [0.29, 0.717) is 11.2 Å². The molecule has 20 heavy (non-hydrogen) atoms. The molecule has 0 radical (unpaired) electrons. The molecule has 108 valence electrons. The molecule has 0 bridgehead atoms. The highest BCUT2D eigenvalue weighted by Gasteiger charge is 2.42. The SMILES string of the molecule is CSc1ncnc2c1ncn2C1OC(CO)C(O)C1N. The second-order valence-corrected chi connectivity index (χ2v) is 5.32. The van der Waals surface area contributed by atoms with Crippen molar-refractivity contribution in [1.29, 1.82) is 0 Å². The van der Waals surface area contributed by atoms with Crippen LogP contribution >= 0.6 is 11.8 Å². The molecule has 1 fully saturated rings. The molecule has 1 saturated heterocycles. The van der Waals surface area contributed by atoms with Gasteiger partial charge in [-0.15, -0.1) is 11.8 Å². The molecule has 2 aromatic heterocycles. The van der Waals surface area contributed by atoms with Gasteiger partial charge in [-0.1, -0.05) is 0 Å². The van der Waals surface area contributed by atoms with Crippen molar-refractivity contribution in [1.82, 2.24) is 19.5 Å². The van der Waals surface area contributed by atoms with Crippen molar-refractivity contribution in [2.24, 2.45) is 5.73 Å². The molecule has 1 aliphatic heterocycles. The van der Waals surface area contributed by atoms with Crippen LogP contribution < -0.4 is 5.73 Å². The van der Waals surface area contributed by atoms with Crippen LogP contribution in [0.3, 0.4) is 0 Å². The van der Waals surface area contributed by atoms with Gasteiger partial charge in [0, 0.05) is 0 Å². The molecule has 4 atom stereocenters. The number of fused-ring (bicyclic) bond motifs is 1. The lowest BCUT2D eigenvalue weighted by molar-refractivity contribution is -0.0437. The Morgan fingerprint density at radius 1 is 1.45 bits per heavy atom. The molecule has 9 heteroatoms. The molecular formula is C11H15N5O3S. The van der Waals surface area contributed by atoms with Gasteiger partial charge in [-0.2, -0.15) is 0 Å². The van der Waals surface area contributed by atoms with Gasteiger partial charge in [-0.25, -0.2) is 15.0 Å². The molecule has 8 nitrogen and oxygen atoms in total. The Kier molecular flexibility index (Phi) is 3.61. The Morgan fingerprint density at radius 3 is 2.90 bits per heavy atom. The van der Waals surface area contributed by atoms with E-state index in [9.17, 15) is 10.2 Å². The third kappa shape index (κ3) is 1.98. The summed E-state index contributed by atoms with van der Waals surface area (Å²) in [6, 6.07) is -0.655. The van der Waals surface area contributed by atoms with E-state index in [1.165, 1.54) is 18.1 Å². The molecule has 3 rings (SSSR count). The minimum Gasteiger partial charge on any atom is -0.394 e. The number of thioether (sulfide) groups is 1. The van der Waals surface area contributed by atoms with Crippen LogP contribution in [0, 0.1) is 0 Å². The predicted molar refractivity (Wildman–Crippen MR) is 72.1 cm³/mol. The molecule has 0 aliphatic carbocycles. The van der Waals surface area contributed by atoms with Crippen molar-refractivity contribution in [2.45, 2.75) is 29.5 Å². The Balaban J connectivity index is 2.03. The lowest BCUT2D eigenvalue weighted by Gasteiger charge is -2.17. The summed E-state index contributed by atoms with van der Waals surface area (Å²) >= 11 is 1.47. The van der Waals surface area contributed by atoms with Crippen LogP contribution in [0.1, 0.15) is 6.23 Å². The van der Waals surface area contributed by atoms with Gasteiger partial charge >= 0.3 is 0 Å². The number of hydrogen-bond donors (Lipinski definition) is 3. The average molecular weight is 297 g/mol. The van der Waals surface area contributed by atoms with Crippen LogP contribution in [0.5, 0.6) is 0 Å². The molecule has 4 N–H and O–H groups in total. The zero-order chi connectivity index (χ0) is 14.3. The van der Waals surface area contributed by atoms with Gasteiger partial charge in [0.15, 0.2) is 11.9 Å². The van der Waals surface area contributed by atoms with Crippen LogP contribution in [0.15, 0.2) is 17.7 Å². The summed E-state index contributed by atoms with van der Waals surface area (Å²) < 4.78 is 7.26. The summed E-state index contributed by atoms with van der Waals surface area (Å²) in [7, 11) is 0. The van der Waals surface area contributed by atoms with Crippen molar-refractivity contribution in [3.8, 4) is 0 Å². The van der Waals surface area contributed by atoms with Crippen LogP contribution in [0.2, 0.25) is 0 Å². The van der Waals surface area contributed by atoms with Gasteiger partial charge in [-0.3, -0.25) is 4.57 Å². The molecule has 2 aromatic rings. The summed E-state index contributed by atoms with van der Waals surface area (Å²) in [5.41, 5.74) is 7.22. The van der Waals surface area contributed by atoms with Gasteiger partial charge in [-0.05, 0) is 6.26 Å². The zero-order valence-electron chi connectivity index (χ0n) is 10.7. The van der Waals surface area contributed by atoms with E-state index < -0.39 is 24.5 Å². The van der Waals surface area contributed by atoms with Gasteiger partial charge in [0.1, 0.15) is 29.1 Å². The third-order valence-electron chi connectivity index (χ3n) is 3.39. The van der Waals surface area contributed by atoms with Crippen LogP contribution in [0.4, 0.5) is 0 Å². The summed E-state index contributed by atoms with van der Waals surface area (Å²) in [6.45, 7) is -0.289. The fraction of sp³-hybridized carbons (Fsp3) is 0.545. The molecular weight excluding hydrogens is 282 g/mol. The number of nitrogens with two attached hydrogens (primary N) is 1. The minimum absolute atomic E-state index is 0.289. The monoisotopic (exact) mass is 297 g/mol. The van der Waals surface area contributed by atoms with Gasteiger partial charge in [0.25, 0.3) is 0 Å². The maximum Gasteiger partial charge on any atom is 0.166 e. The molecule has 0 saturated carbocycles. The van der Waals surface area contributed by atoms with Crippen LogP contribution in [-0.2, 0) is 4.74 Å². The maximum atomic E-state index is 9.92. The van der Waals surface area contributed by atoms with E-state index in [1.807, 2.05) is 6.26 Å². The zero-order valence-corrected chi connectivity index (χ0v) is 11.6. The standard InChI is InChI=1S/C11H15N5O3S/c1-20-10-7-9(13-3-14-10)16(4-15-7)11-6(12)8(18)5(2-17)19-11/h3-6,8,11,17-18H,2,12H2,1H3. The normalized spacial score (nSPS) is 30.2. The molecule has 3 heterocycles. The second-order valence-electron chi connectivity index (χ2n) is 4.52. The summed E-state index contributed by atoms with van der Waals surface area (Å²) in [5, 5.41) is 19.9. The Bertz CT molecular complexity index is 621. The first kappa shape index (κ1) is 13.7. The minimum atomic E-state index is -0.927. The van der Waals surface area contributed by atoms with E-state index in [4.69, 9.17) is 10.5 Å². The highest BCUT2D eigenvalue weighted by Crippen LogP contribution is 2.31. The van der Waals surface area contributed by atoms with Crippen molar-refractivity contribution < 1.29 is 14.9 Å². The average Bonchev–Trinajstić information content (AvgIpc) is 3.01. The quantitative estimate of drug-likeness (QED) is 0.494. The predicted octanol–water partition coefficient (Wildman–Crippen LogP) is -0.874. The van der Waals surface area contributed by atoms with Crippen LogP contribution in [-0.4, -0.2) is 60.8 Å². The first-order chi connectivity index (χ1) is 9.67. The Labute approximate surface area is 119 Å². The number of hydrogen-bond acceptors (Lipinski definition) is 8. The highest BCUT2D eigenvalue weighted by atomic mass is 32.2. The largest absolute Gasteiger partial charge is 0.394 e. The smallest absolute Gasteiger partial charge is 0.166 e. The highest BCUT2D eigenvalue weighted by molar-refractivity contribution is 7.98. The summed E-state index contributed by atoms with van der Waals surface area (Å²) in [4.78, 5) is 12.6. The number of aliphatic hydroxyl groups excluding tert-OH is 2. The molecule has 0 spiro atoms. The molecule has 0 aromatic carbocycles. The first-order valence-corrected chi connectivity index (χ1v) is 7.31. The Morgan fingerprint density at radius 2 is 2.25 bits per heavy atom. The number of ether oxygens (including phenoxy) is 1. The van der Waals surface area contributed by atoms with Crippen LogP contribution in [0.25, 0.3) is 11.2 Å². The summed E-state index contributed by atoms with van der Waals surface area (Å²) in [6.07, 6.45) is 2.68. The fourth-order valence-corrected chi connectivity index (χ4v) is 2.82. The maximum absolute atomic E-state index is 9.92. The lowest BCUT2D eigenvalue weighted by atomic mass is 10.1. The fourth-order valence-electron chi connectivity index (χ4n) is 2.33. The first-order valence-electron chi connectivity index (χ1n) is 6.09. The number of imidazole rings is 1. The van der Waals surface area contributed by atoms with Crippen molar-refractivity contribution in [2.75, 3.05) is 12.9 Å². The van der Waals surface area contributed by atoms with E-state index in [1.54, 1.807) is 10.9 Å². The lowest BCUT2D eigenvalue weighted by Crippen LogP contribution is -2.39. The van der Waals surface area contributed by atoms with Gasteiger partial charge in [0.2, 0.25) is 0 Å². The van der Waals surface area contributed by atoms with Crippen molar-refractivity contribution in [3.63, 3.8) is 0 Å². The topological polar surface area (TPSA) is 119 Å². The number of rotatable bonds is 3. The van der Waals surface area contributed by atoms with E-state index in [-0.39, 0.29) is 6.61 Å².